The molecule has 0 fully saturated rings. The van der Waals surface area contributed by atoms with Crippen molar-refractivity contribution in [2.24, 2.45) is 0 Å². The van der Waals surface area contributed by atoms with Gasteiger partial charge in [-0.15, -0.1) is 0 Å². The average molecular weight is 370 g/mol. The third-order valence-corrected chi connectivity index (χ3v) is 4.99. The molecule has 0 unspecified atom stereocenters. The number of nitrogens with one attached hydrogen (secondary N) is 1. The Morgan fingerprint density at radius 2 is 2.00 bits per heavy atom. The second-order valence-corrected chi connectivity index (χ2v) is 8.10. The predicted octanol–water partition coefficient (Wildman–Crippen LogP) is 2.38. The third-order valence-electron chi connectivity index (χ3n) is 3.55. The van der Waals surface area contributed by atoms with E-state index in [4.69, 9.17) is 11.6 Å². The van der Waals surface area contributed by atoms with E-state index in [2.05, 4.69) is 10.4 Å². The molecule has 6 nitrogen and oxygen atoms in total. The summed E-state index contributed by atoms with van der Waals surface area (Å²) in [5.74, 6) is -0.390. The summed E-state index contributed by atoms with van der Waals surface area (Å²) in [5.41, 5.74) is 2.19. The highest BCUT2D eigenvalue weighted by Gasteiger charge is 2.15. The van der Waals surface area contributed by atoms with Crippen molar-refractivity contribution in [2.45, 2.75) is 31.7 Å². The smallest absolute Gasteiger partial charge is 0.252 e. The Morgan fingerprint density at radius 3 is 2.58 bits per heavy atom. The molecule has 8 heteroatoms. The molecule has 0 atom stereocenters. The van der Waals surface area contributed by atoms with E-state index in [1.807, 2.05) is 24.6 Å². The molecule has 24 heavy (non-hydrogen) atoms. The molecule has 1 heterocycles. The standard InChI is InChI=1S/C16H20ClN3O3S/c1-11-9-12(2)20(19-11)8-4-7-18-16(21)14-10-13(24(3,22)23)5-6-15(14)17/h5-6,9-10H,4,7-8H2,1-3H3,(H,18,21). The fourth-order valence-corrected chi connectivity index (χ4v) is 3.19. The number of hydrogen-bond acceptors (Lipinski definition) is 4. The van der Waals surface area contributed by atoms with Gasteiger partial charge in [0, 0.05) is 25.0 Å². The van der Waals surface area contributed by atoms with Gasteiger partial charge in [-0.05, 0) is 44.5 Å². The zero-order valence-corrected chi connectivity index (χ0v) is 15.4. The Hall–Kier alpha value is -1.86. The first-order chi connectivity index (χ1) is 11.2. The highest BCUT2D eigenvalue weighted by Crippen LogP contribution is 2.20. The Balaban J connectivity index is 1.96. The Bertz CT molecular complexity index is 859. The topological polar surface area (TPSA) is 81.1 Å². The van der Waals surface area contributed by atoms with Gasteiger partial charge in [-0.3, -0.25) is 9.48 Å². The van der Waals surface area contributed by atoms with Gasteiger partial charge in [0.05, 0.1) is 21.2 Å². The largest absolute Gasteiger partial charge is 0.352 e. The number of carbonyl (C=O) groups is 1. The van der Waals surface area contributed by atoms with E-state index in [1.54, 1.807) is 0 Å². The molecule has 0 aliphatic rings. The summed E-state index contributed by atoms with van der Waals surface area (Å²) in [4.78, 5) is 12.3. The maximum Gasteiger partial charge on any atom is 0.252 e. The van der Waals surface area contributed by atoms with Crippen LogP contribution in [0.5, 0.6) is 0 Å². The number of carbonyl (C=O) groups excluding carboxylic acids is 1. The first-order valence-electron chi connectivity index (χ1n) is 7.47. The highest BCUT2D eigenvalue weighted by molar-refractivity contribution is 7.90. The minimum Gasteiger partial charge on any atom is -0.352 e. The number of amides is 1. The van der Waals surface area contributed by atoms with E-state index in [0.717, 1.165) is 17.6 Å². The van der Waals surface area contributed by atoms with Gasteiger partial charge in [0.1, 0.15) is 0 Å². The molecule has 1 aromatic carbocycles. The number of nitrogens with zero attached hydrogens (tertiary/aromatic N) is 2. The lowest BCUT2D eigenvalue weighted by molar-refractivity contribution is 0.0952. The van der Waals surface area contributed by atoms with Gasteiger partial charge < -0.3 is 5.32 Å². The summed E-state index contributed by atoms with van der Waals surface area (Å²) in [6, 6.07) is 6.10. The Kier molecular flexibility index (Phi) is 5.66. The van der Waals surface area contributed by atoms with Crippen molar-refractivity contribution in [2.75, 3.05) is 12.8 Å². The van der Waals surface area contributed by atoms with Crippen LogP contribution in [-0.4, -0.2) is 36.9 Å². The van der Waals surface area contributed by atoms with Gasteiger partial charge in [-0.25, -0.2) is 8.42 Å². The summed E-state index contributed by atoms with van der Waals surface area (Å²) in [6.45, 7) is 5.05. The maximum atomic E-state index is 12.2. The number of halogens is 1. The number of sulfone groups is 1. The zero-order valence-electron chi connectivity index (χ0n) is 13.8. The van der Waals surface area contributed by atoms with Gasteiger partial charge in [0.2, 0.25) is 0 Å². The summed E-state index contributed by atoms with van der Waals surface area (Å²) in [6.07, 6.45) is 1.80. The molecule has 0 saturated carbocycles. The van der Waals surface area contributed by atoms with E-state index in [9.17, 15) is 13.2 Å². The molecule has 1 aromatic heterocycles. The third kappa shape index (κ3) is 4.58. The number of benzene rings is 1. The number of aryl methyl sites for hydroxylation is 3. The molecule has 2 rings (SSSR count). The summed E-state index contributed by atoms with van der Waals surface area (Å²) < 4.78 is 25.1. The van der Waals surface area contributed by atoms with Crippen LogP contribution in [0.3, 0.4) is 0 Å². The molecule has 0 spiro atoms. The highest BCUT2D eigenvalue weighted by atomic mass is 35.5. The Labute approximate surface area is 146 Å². The van der Waals surface area contributed by atoms with E-state index in [1.165, 1.54) is 18.2 Å². The predicted molar refractivity (Wildman–Crippen MR) is 93.2 cm³/mol. The van der Waals surface area contributed by atoms with E-state index in [-0.39, 0.29) is 21.4 Å². The van der Waals surface area contributed by atoms with Crippen LogP contribution in [0.4, 0.5) is 0 Å². The van der Waals surface area contributed by atoms with Crippen molar-refractivity contribution < 1.29 is 13.2 Å². The van der Waals surface area contributed by atoms with Crippen molar-refractivity contribution >= 4 is 27.3 Å². The molecule has 0 aliphatic heterocycles. The van der Waals surface area contributed by atoms with Crippen LogP contribution in [0.25, 0.3) is 0 Å². The number of rotatable bonds is 6. The van der Waals surface area contributed by atoms with Crippen LogP contribution in [0.2, 0.25) is 5.02 Å². The summed E-state index contributed by atoms with van der Waals surface area (Å²) in [5, 5.41) is 7.33. The lowest BCUT2D eigenvalue weighted by Gasteiger charge is -2.09. The van der Waals surface area contributed by atoms with Crippen LogP contribution < -0.4 is 5.32 Å². The quantitative estimate of drug-likeness (QED) is 0.792. The second kappa shape index (κ2) is 7.36. The minimum absolute atomic E-state index is 0.0692. The first kappa shape index (κ1) is 18.5. The average Bonchev–Trinajstić information content (AvgIpc) is 2.80. The normalized spacial score (nSPS) is 11.5. The molecule has 0 radical (unpaired) electrons. The Morgan fingerprint density at radius 1 is 1.29 bits per heavy atom. The van der Waals surface area contributed by atoms with Gasteiger partial charge >= 0.3 is 0 Å². The van der Waals surface area contributed by atoms with Crippen LogP contribution in [0, 0.1) is 13.8 Å². The van der Waals surface area contributed by atoms with Crippen LogP contribution in [0.1, 0.15) is 28.2 Å². The van der Waals surface area contributed by atoms with Crippen molar-refractivity contribution in [1.82, 2.24) is 15.1 Å². The molecule has 1 amide bonds. The monoisotopic (exact) mass is 369 g/mol. The number of aromatic nitrogens is 2. The lowest BCUT2D eigenvalue weighted by Crippen LogP contribution is -2.26. The second-order valence-electron chi connectivity index (χ2n) is 5.67. The molecule has 0 aliphatic carbocycles. The first-order valence-corrected chi connectivity index (χ1v) is 9.74. The fraction of sp³-hybridized carbons (Fsp3) is 0.375. The van der Waals surface area contributed by atoms with Gasteiger partial charge in [0.15, 0.2) is 9.84 Å². The van der Waals surface area contributed by atoms with Crippen molar-refractivity contribution in [1.29, 1.82) is 0 Å². The van der Waals surface area contributed by atoms with Gasteiger partial charge in [0.25, 0.3) is 5.91 Å². The van der Waals surface area contributed by atoms with E-state index < -0.39 is 9.84 Å². The van der Waals surface area contributed by atoms with Crippen molar-refractivity contribution in [3.8, 4) is 0 Å². The molecule has 0 bridgehead atoms. The SMILES string of the molecule is Cc1cc(C)n(CCCNC(=O)c2cc(S(C)(=O)=O)ccc2Cl)n1. The maximum absolute atomic E-state index is 12.2. The zero-order chi connectivity index (χ0) is 17.9. The van der Waals surface area contributed by atoms with E-state index in [0.29, 0.717) is 19.5 Å². The lowest BCUT2D eigenvalue weighted by atomic mass is 10.2. The fourth-order valence-electron chi connectivity index (χ4n) is 2.34. The van der Waals surface area contributed by atoms with Crippen molar-refractivity contribution in [3.05, 3.63) is 46.2 Å². The van der Waals surface area contributed by atoms with Crippen LogP contribution >= 0.6 is 11.6 Å². The molecule has 130 valence electrons. The van der Waals surface area contributed by atoms with Gasteiger partial charge in [-0.1, -0.05) is 11.6 Å². The molecule has 1 N–H and O–H groups in total. The van der Waals surface area contributed by atoms with Crippen LogP contribution in [0.15, 0.2) is 29.2 Å². The minimum atomic E-state index is -3.39. The summed E-state index contributed by atoms with van der Waals surface area (Å²) in [7, 11) is -3.39. The van der Waals surface area contributed by atoms with Crippen molar-refractivity contribution in [3.63, 3.8) is 0 Å². The molecular formula is C16H20ClN3O3S. The molecular weight excluding hydrogens is 350 g/mol. The number of hydrogen-bond donors (Lipinski definition) is 1. The molecule has 0 saturated heterocycles. The van der Waals surface area contributed by atoms with E-state index >= 15 is 0 Å². The van der Waals surface area contributed by atoms with Gasteiger partial charge in [-0.2, -0.15) is 5.10 Å². The molecule has 2 aromatic rings. The summed E-state index contributed by atoms with van der Waals surface area (Å²) >= 11 is 6.00. The van der Waals surface area contributed by atoms with Crippen LogP contribution in [-0.2, 0) is 16.4 Å².